The molecule has 1 aliphatic carbocycles. The van der Waals surface area contributed by atoms with E-state index in [9.17, 15) is 4.79 Å². The van der Waals surface area contributed by atoms with Crippen molar-refractivity contribution in [2.24, 2.45) is 5.92 Å². The van der Waals surface area contributed by atoms with E-state index in [1.165, 1.54) is 0 Å². The predicted octanol–water partition coefficient (Wildman–Crippen LogP) is 4.29. The SMILES string of the molecule is Cc1cc(Nc2cc(C)[nH]n2)nc(C2CCC(C(=O)N[C@@H](C)c3ccc(-n4cccn4)nc3)CC2)n1. The van der Waals surface area contributed by atoms with Crippen molar-refractivity contribution in [3.05, 3.63) is 71.7 Å². The molecular weight excluding hydrogens is 454 g/mol. The molecule has 0 bridgehead atoms. The number of anilines is 2. The van der Waals surface area contributed by atoms with Crippen LogP contribution in [0.2, 0.25) is 0 Å². The van der Waals surface area contributed by atoms with E-state index in [-0.39, 0.29) is 23.8 Å². The molecule has 36 heavy (non-hydrogen) atoms. The van der Waals surface area contributed by atoms with Crippen molar-refractivity contribution < 1.29 is 4.79 Å². The van der Waals surface area contributed by atoms with E-state index in [1.807, 2.05) is 57.3 Å². The van der Waals surface area contributed by atoms with Gasteiger partial charge in [0.05, 0.1) is 6.04 Å². The molecule has 0 radical (unpaired) electrons. The smallest absolute Gasteiger partial charge is 0.223 e. The number of carbonyl (C=O) groups excluding carboxylic acids is 1. The van der Waals surface area contributed by atoms with Crippen molar-refractivity contribution in [2.75, 3.05) is 5.32 Å². The van der Waals surface area contributed by atoms with Crippen molar-refractivity contribution in [1.29, 1.82) is 0 Å². The maximum Gasteiger partial charge on any atom is 0.223 e. The van der Waals surface area contributed by atoms with Crippen LogP contribution in [0.15, 0.2) is 48.9 Å². The van der Waals surface area contributed by atoms with Gasteiger partial charge in [-0.3, -0.25) is 9.89 Å². The van der Waals surface area contributed by atoms with Gasteiger partial charge in [-0.1, -0.05) is 6.07 Å². The third-order valence-corrected chi connectivity index (χ3v) is 6.67. The third kappa shape index (κ3) is 5.42. The summed E-state index contributed by atoms with van der Waals surface area (Å²) in [5.41, 5.74) is 2.86. The number of H-pyrrole nitrogens is 1. The Hall–Kier alpha value is -4.08. The molecule has 1 aliphatic rings. The van der Waals surface area contributed by atoms with Gasteiger partial charge >= 0.3 is 0 Å². The van der Waals surface area contributed by atoms with Gasteiger partial charge in [0.15, 0.2) is 11.6 Å². The van der Waals surface area contributed by atoms with Crippen molar-refractivity contribution in [3.63, 3.8) is 0 Å². The summed E-state index contributed by atoms with van der Waals surface area (Å²) in [7, 11) is 0. The van der Waals surface area contributed by atoms with Crippen molar-refractivity contribution in [1.82, 2.24) is 40.2 Å². The molecule has 4 heterocycles. The number of hydrogen-bond acceptors (Lipinski definition) is 7. The molecule has 1 saturated carbocycles. The molecule has 5 rings (SSSR count). The summed E-state index contributed by atoms with van der Waals surface area (Å²) < 4.78 is 1.71. The van der Waals surface area contributed by atoms with Gasteiger partial charge in [0.2, 0.25) is 5.91 Å². The number of aromatic nitrogens is 7. The molecule has 0 aliphatic heterocycles. The summed E-state index contributed by atoms with van der Waals surface area (Å²) in [5, 5.41) is 17.8. The summed E-state index contributed by atoms with van der Waals surface area (Å²) in [4.78, 5) is 26.9. The molecule has 0 aromatic carbocycles. The Morgan fingerprint density at radius 1 is 1.11 bits per heavy atom. The maximum atomic E-state index is 13.0. The zero-order valence-electron chi connectivity index (χ0n) is 20.8. The van der Waals surface area contributed by atoms with E-state index in [4.69, 9.17) is 9.97 Å². The van der Waals surface area contributed by atoms with Crippen LogP contribution in [0.5, 0.6) is 0 Å². The number of nitrogens with one attached hydrogen (secondary N) is 3. The first-order chi connectivity index (χ1) is 17.4. The highest BCUT2D eigenvalue weighted by atomic mass is 16.1. The molecule has 0 unspecified atom stereocenters. The highest BCUT2D eigenvalue weighted by Gasteiger charge is 2.29. The second-order valence-corrected chi connectivity index (χ2v) is 9.49. The van der Waals surface area contributed by atoms with Gasteiger partial charge in [-0.25, -0.2) is 19.6 Å². The normalized spacial score (nSPS) is 18.5. The second kappa shape index (κ2) is 10.3. The Bertz CT molecular complexity index is 1310. The lowest BCUT2D eigenvalue weighted by Crippen LogP contribution is -2.34. The lowest BCUT2D eigenvalue weighted by atomic mass is 9.81. The zero-order chi connectivity index (χ0) is 25.1. The van der Waals surface area contributed by atoms with Crippen molar-refractivity contribution in [2.45, 2.75) is 58.4 Å². The first-order valence-electron chi connectivity index (χ1n) is 12.4. The Balaban J connectivity index is 1.16. The summed E-state index contributed by atoms with van der Waals surface area (Å²) >= 11 is 0. The third-order valence-electron chi connectivity index (χ3n) is 6.67. The van der Waals surface area contributed by atoms with Gasteiger partial charge < -0.3 is 10.6 Å². The molecule has 0 saturated heterocycles. The highest BCUT2D eigenvalue weighted by Crippen LogP contribution is 2.35. The average Bonchev–Trinajstić information content (AvgIpc) is 3.56. The van der Waals surface area contributed by atoms with Crippen LogP contribution in [0.4, 0.5) is 11.6 Å². The minimum atomic E-state index is -0.117. The standard InChI is InChI=1S/C26H31N9O/c1-16-13-22(31-23-14-17(2)33-34-23)32-25(29-16)19-5-7-20(8-6-19)26(36)30-18(3)21-9-10-24(27-15-21)35-12-4-11-28-35/h4,9-15,18-20H,5-8H2,1-3H3,(H,30,36)(H2,29,31,32,33,34)/t18-,19?,20?/m0/s1. The minimum absolute atomic E-state index is 0.00515. The molecule has 4 aromatic rings. The Morgan fingerprint density at radius 2 is 1.94 bits per heavy atom. The first-order valence-corrected chi connectivity index (χ1v) is 12.4. The van der Waals surface area contributed by atoms with Crippen molar-refractivity contribution >= 4 is 17.5 Å². The summed E-state index contributed by atoms with van der Waals surface area (Å²) in [5.74, 6) is 3.39. The van der Waals surface area contributed by atoms with E-state index >= 15 is 0 Å². The molecule has 10 nitrogen and oxygen atoms in total. The molecule has 10 heteroatoms. The molecule has 1 fully saturated rings. The lowest BCUT2D eigenvalue weighted by molar-refractivity contribution is -0.126. The Labute approximate surface area is 210 Å². The molecule has 3 N–H and O–H groups in total. The number of rotatable bonds is 7. The summed E-state index contributed by atoms with van der Waals surface area (Å²) in [6.07, 6.45) is 8.77. The highest BCUT2D eigenvalue weighted by molar-refractivity contribution is 5.79. The van der Waals surface area contributed by atoms with Crippen molar-refractivity contribution in [3.8, 4) is 5.82 Å². The molecule has 0 spiro atoms. The quantitative estimate of drug-likeness (QED) is 0.356. The number of hydrogen-bond donors (Lipinski definition) is 3. The predicted molar refractivity (Wildman–Crippen MR) is 136 cm³/mol. The summed E-state index contributed by atoms with van der Waals surface area (Å²) in [6.45, 7) is 5.92. The van der Waals surface area contributed by atoms with E-state index in [0.717, 1.165) is 65.9 Å². The summed E-state index contributed by atoms with van der Waals surface area (Å²) in [6, 6.07) is 9.49. The van der Waals surface area contributed by atoms with E-state index in [2.05, 4.69) is 30.9 Å². The van der Waals surface area contributed by atoms with Gasteiger partial charge in [-0.2, -0.15) is 10.2 Å². The Kier molecular flexibility index (Phi) is 6.75. The van der Waals surface area contributed by atoms with Gasteiger partial charge in [0.1, 0.15) is 11.6 Å². The van der Waals surface area contributed by atoms with E-state index in [1.54, 1.807) is 17.1 Å². The second-order valence-electron chi connectivity index (χ2n) is 9.49. The van der Waals surface area contributed by atoms with Crippen LogP contribution >= 0.6 is 0 Å². The van der Waals surface area contributed by atoms with Crippen LogP contribution in [0, 0.1) is 19.8 Å². The number of nitrogens with zero attached hydrogens (tertiary/aromatic N) is 6. The molecule has 1 atom stereocenters. The fourth-order valence-electron chi connectivity index (χ4n) is 4.67. The lowest BCUT2D eigenvalue weighted by Gasteiger charge is -2.28. The van der Waals surface area contributed by atoms with Crippen LogP contribution in [-0.2, 0) is 4.79 Å². The maximum absolute atomic E-state index is 13.0. The van der Waals surface area contributed by atoms with Crippen LogP contribution < -0.4 is 10.6 Å². The fourth-order valence-corrected chi connectivity index (χ4v) is 4.67. The molecule has 186 valence electrons. The van der Waals surface area contributed by atoms with E-state index < -0.39 is 0 Å². The molecular formula is C26H31N9O. The number of amides is 1. The monoisotopic (exact) mass is 485 g/mol. The minimum Gasteiger partial charge on any atom is -0.349 e. The van der Waals surface area contributed by atoms with Crippen LogP contribution in [0.25, 0.3) is 5.82 Å². The van der Waals surface area contributed by atoms with Crippen LogP contribution in [0.3, 0.4) is 0 Å². The van der Waals surface area contributed by atoms with Crippen LogP contribution in [-0.4, -0.2) is 40.8 Å². The first kappa shape index (κ1) is 23.7. The molecule has 4 aromatic heterocycles. The largest absolute Gasteiger partial charge is 0.349 e. The van der Waals surface area contributed by atoms with E-state index in [0.29, 0.717) is 0 Å². The van der Waals surface area contributed by atoms with Gasteiger partial charge in [-0.05, 0) is 64.2 Å². The van der Waals surface area contributed by atoms with Gasteiger partial charge in [0.25, 0.3) is 0 Å². The molecule has 1 amide bonds. The van der Waals surface area contributed by atoms with Gasteiger partial charge in [-0.15, -0.1) is 0 Å². The number of aryl methyl sites for hydroxylation is 2. The number of pyridine rings is 1. The number of carbonyl (C=O) groups is 1. The average molecular weight is 486 g/mol. The van der Waals surface area contributed by atoms with Gasteiger partial charge in [0, 0.05) is 53.9 Å². The topological polar surface area (TPSA) is 126 Å². The zero-order valence-corrected chi connectivity index (χ0v) is 20.8. The van der Waals surface area contributed by atoms with Crippen LogP contribution in [0.1, 0.15) is 67.3 Å². The Morgan fingerprint density at radius 3 is 2.61 bits per heavy atom. The number of aromatic amines is 1. The fraction of sp³-hybridized carbons (Fsp3) is 0.385.